The highest BCUT2D eigenvalue weighted by Gasteiger charge is 2.49. The molecule has 0 amide bonds. The quantitative estimate of drug-likeness (QED) is 0.870. The zero-order valence-electron chi connectivity index (χ0n) is 12.1. The van der Waals surface area contributed by atoms with E-state index in [0.717, 1.165) is 18.4 Å². The van der Waals surface area contributed by atoms with Gasteiger partial charge in [0, 0.05) is 37.3 Å². The molecule has 0 aliphatic heterocycles. The van der Waals surface area contributed by atoms with Gasteiger partial charge in [-0.1, -0.05) is 12.5 Å². The van der Waals surface area contributed by atoms with Crippen LogP contribution in [0, 0.1) is 0 Å². The van der Waals surface area contributed by atoms with Crippen molar-refractivity contribution in [3.8, 4) is 0 Å². The number of sulfone groups is 1. The predicted octanol–water partition coefficient (Wildman–Crippen LogP) is 0.808. The molecule has 0 saturated heterocycles. The Hall–Kier alpha value is -0.980. The van der Waals surface area contributed by atoms with Crippen LogP contribution in [0.5, 0.6) is 0 Å². The lowest BCUT2D eigenvalue weighted by molar-refractivity contribution is 0.126. The van der Waals surface area contributed by atoms with Gasteiger partial charge >= 0.3 is 0 Å². The average molecular weight is 297 g/mol. The lowest BCUT2D eigenvalue weighted by atomic mass is 9.94. The number of hydrogen-bond donors (Lipinski definition) is 1. The Bertz CT molecular complexity index is 547. The van der Waals surface area contributed by atoms with Gasteiger partial charge in [-0.2, -0.15) is 0 Å². The molecule has 1 aromatic heterocycles. The predicted molar refractivity (Wildman–Crippen MR) is 80.0 cm³/mol. The molecule has 0 aromatic carbocycles. The Morgan fingerprint density at radius 2 is 2.30 bits per heavy atom. The average Bonchev–Trinajstić information content (AvgIpc) is 2.85. The largest absolute Gasteiger partial charge is 0.329 e. The van der Waals surface area contributed by atoms with E-state index in [1.807, 2.05) is 25.4 Å². The van der Waals surface area contributed by atoms with Crippen LogP contribution < -0.4 is 5.73 Å². The Kier molecular flexibility index (Phi) is 4.46. The third-order valence-electron chi connectivity index (χ3n) is 4.45. The molecule has 0 radical (unpaired) electrons. The molecule has 1 fully saturated rings. The number of hydrogen-bond acceptors (Lipinski definition) is 5. The zero-order valence-corrected chi connectivity index (χ0v) is 12.9. The van der Waals surface area contributed by atoms with Crippen molar-refractivity contribution in [3.63, 3.8) is 0 Å². The normalized spacial score (nSPS) is 27.1. The summed E-state index contributed by atoms with van der Waals surface area (Å²) < 4.78 is 24.1. The molecule has 6 heteroatoms. The maximum Gasteiger partial charge on any atom is 0.152 e. The molecule has 1 aliphatic carbocycles. The van der Waals surface area contributed by atoms with Crippen molar-refractivity contribution in [1.29, 1.82) is 0 Å². The number of likely N-dealkylation sites (N-methyl/N-ethyl adjacent to an activating group) is 1. The summed E-state index contributed by atoms with van der Waals surface area (Å²) in [6.07, 6.45) is 7.31. The van der Waals surface area contributed by atoms with Gasteiger partial charge in [0.25, 0.3) is 0 Å². The summed E-state index contributed by atoms with van der Waals surface area (Å²) in [6.45, 7) is 1.03. The minimum Gasteiger partial charge on any atom is -0.329 e. The SMILES string of the molecule is CN(Cc1cccnc1)C1(CN)CCCC1S(C)(=O)=O. The van der Waals surface area contributed by atoms with E-state index in [2.05, 4.69) is 9.88 Å². The van der Waals surface area contributed by atoms with Gasteiger partial charge < -0.3 is 5.73 Å². The second-order valence-corrected chi connectivity index (χ2v) is 7.96. The molecular weight excluding hydrogens is 274 g/mol. The molecule has 5 nitrogen and oxygen atoms in total. The lowest BCUT2D eigenvalue weighted by Crippen LogP contribution is -2.58. The van der Waals surface area contributed by atoms with E-state index < -0.39 is 15.4 Å². The number of nitrogens with zero attached hydrogens (tertiary/aromatic N) is 2. The summed E-state index contributed by atoms with van der Waals surface area (Å²) in [5.74, 6) is 0. The first kappa shape index (κ1) is 15.4. The van der Waals surface area contributed by atoms with Crippen molar-refractivity contribution in [3.05, 3.63) is 30.1 Å². The van der Waals surface area contributed by atoms with Gasteiger partial charge in [0.2, 0.25) is 0 Å². The van der Waals surface area contributed by atoms with Crippen LogP contribution in [0.15, 0.2) is 24.5 Å². The Labute approximate surface area is 121 Å². The summed E-state index contributed by atoms with van der Waals surface area (Å²) >= 11 is 0. The Morgan fingerprint density at radius 3 is 2.85 bits per heavy atom. The Morgan fingerprint density at radius 1 is 1.55 bits per heavy atom. The summed E-state index contributed by atoms with van der Waals surface area (Å²) in [5, 5.41) is -0.373. The van der Waals surface area contributed by atoms with Gasteiger partial charge in [-0.15, -0.1) is 0 Å². The van der Waals surface area contributed by atoms with Crippen LogP contribution >= 0.6 is 0 Å². The smallest absolute Gasteiger partial charge is 0.152 e. The summed E-state index contributed by atoms with van der Waals surface area (Å²) in [4.78, 5) is 6.20. The van der Waals surface area contributed by atoms with E-state index in [9.17, 15) is 8.42 Å². The van der Waals surface area contributed by atoms with Gasteiger partial charge in [-0.25, -0.2) is 8.42 Å². The van der Waals surface area contributed by atoms with E-state index in [1.165, 1.54) is 6.26 Å². The first-order valence-electron chi connectivity index (χ1n) is 6.89. The van der Waals surface area contributed by atoms with Crippen LogP contribution in [0.4, 0.5) is 0 Å². The molecule has 2 rings (SSSR count). The van der Waals surface area contributed by atoms with Crippen LogP contribution in [-0.4, -0.2) is 48.9 Å². The van der Waals surface area contributed by atoms with Gasteiger partial charge in [0.1, 0.15) is 0 Å². The van der Waals surface area contributed by atoms with Crippen LogP contribution in [0.3, 0.4) is 0 Å². The molecule has 0 spiro atoms. The van der Waals surface area contributed by atoms with Gasteiger partial charge in [-0.3, -0.25) is 9.88 Å². The van der Waals surface area contributed by atoms with E-state index in [4.69, 9.17) is 5.73 Å². The number of nitrogens with two attached hydrogens (primary N) is 1. The zero-order chi connectivity index (χ0) is 14.8. The van der Waals surface area contributed by atoms with Crippen LogP contribution in [0.1, 0.15) is 24.8 Å². The molecule has 1 aliphatic rings. The fourth-order valence-electron chi connectivity index (χ4n) is 3.38. The van der Waals surface area contributed by atoms with Gasteiger partial charge in [0.05, 0.1) is 5.25 Å². The maximum atomic E-state index is 12.1. The van der Waals surface area contributed by atoms with Gasteiger partial charge in [0.15, 0.2) is 9.84 Å². The highest BCUT2D eigenvalue weighted by atomic mass is 32.2. The number of pyridine rings is 1. The molecule has 20 heavy (non-hydrogen) atoms. The standard InChI is InChI=1S/C14H23N3O2S/c1-17(10-12-5-4-8-16-9-12)14(11-15)7-3-6-13(14)20(2,18)19/h4-5,8-9,13H,3,6-7,10-11,15H2,1-2H3. The van der Waals surface area contributed by atoms with Crippen molar-refractivity contribution < 1.29 is 8.42 Å². The van der Waals surface area contributed by atoms with E-state index in [1.54, 1.807) is 6.20 Å². The molecule has 0 bridgehead atoms. The second kappa shape index (κ2) is 5.79. The van der Waals surface area contributed by atoms with E-state index in [0.29, 0.717) is 19.5 Å². The fourth-order valence-corrected chi connectivity index (χ4v) is 5.17. The molecular formula is C14H23N3O2S. The van der Waals surface area contributed by atoms with Crippen molar-refractivity contribution >= 4 is 9.84 Å². The minimum atomic E-state index is -3.10. The number of aromatic nitrogens is 1. The van der Waals surface area contributed by atoms with Crippen LogP contribution in [0.2, 0.25) is 0 Å². The molecule has 2 atom stereocenters. The molecule has 2 unspecified atom stereocenters. The highest BCUT2D eigenvalue weighted by molar-refractivity contribution is 7.91. The summed E-state index contributed by atoms with van der Waals surface area (Å²) in [7, 11) is -1.14. The van der Waals surface area contributed by atoms with E-state index in [-0.39, 0.29) is 5.25 Å². The molecule has 1 aromatic rings. The second-order valence-electron chi connectivity index (χ2n) is 5.74. The Balaban J connectivity index is 2.26. The third kappa shape index (κ3) is 2.87. The van der Waals surface area contributed by atoms with Crippen molar-refractivity contribution in [2.45, 2.75) is 36.6 Å². The van der Waals surface area contributed by atoms with Crippen molar-refractivity contribution in [1.82, 2.24) is 9.88 Å². The van der Waals surface area contributed by atoms with Crippen LogP contribution in [-0.2, 0) is 16.4 Å². The lowest BCUT2D eigenvalue weighted by Gasteiger charge is -2.42. The molecule has 2 N–H and O–H groups in total. The monoisotopic (exact) mass is 297 g/mol. The molecule has 1 heterocycles. The first-order chi connectivity index (χ1) is 9.40. The van der Waals surface area contributed by atoms with Gasteiger partial charge in [-0.05, 0) is 31.5 Å². The van der Waals surface area contributed by atoms with Crippen LogP contribution in [0.25, 0.3) is 0 Å². The summed E-state index contributed by atoms with van der Waals surface area (Å²) in [5.41, 5.74) is 6.61. The maximum absolute atomic E-state index is 12.1. The number of rotatable bonds is 5. The van der Waals surface area contributed by atoms with E-state index >= 15 is 0 Å². The summed E-state index contributed by atoms with van der Waals surface area (Å²) in [6, 6.07) is 3.89. The fraction of sp³-hybridized carbons (Fsp3) is 0.643. The first-order valence-corrected chi connectivity index (χ1v) is 8.85. The molecule has 112 valence electrons. The minimum absolute atomic E-state index is 0.363. The van der Waals surface area contributed by atoms with Crippen molar-refractivity contribution in [2.24, 2.45) is 5.73 Å². The molecule has 1 saturated carbocycles. The topological polar surface area (TPSA) is 76.3 Å². The third-order valence-corrected chi connectivity index (χ3v) is 6.16. The highest BCUT2D eigenvalue weighted by Crippen LogP contribution is 2.38. The van der Waals surface area contributed by atoms with Crippen molar-refractivity contribution in [2.75, 3.05) is 19.8 Å².